The van der Waals surface area contributed by atoms with Gasteiger partial charge in [-0.3, -0.25) is 4.79 Å². The quantitative estimate of drug-likeness (QED) is 0.885. The molecule has 128 valence electrons. The minimum absolute atomic E-state index is 0.0676. The third-order valence-corrected chi connectivity index (χ3v) is 6.85. The Labute approximate surface area is 146 Å². The molecule has 2 heterocycles. The Kier molecular flexibility index (Phi) is 5.01. The molecule has 1 fully saturated rings. The van der Waals surface area contributed by atoms with E-state index in [1.807, 2.05) is 0 Å². The summed E-state index contributed by atoms with van der Waals surface area (Å²) in [5.41, 5.74) is 2.43. The number of nitrogens with zero attached hydrogens (tertiary/aromatic N) is 1. The van der Waals surface area contributed by atoms with Gasteiger partial charge in [0.2, 0.25) is 5.91 Å². The van der Waals surface area contributed by atoms with E-state index in [0.29, 0.717) is 11.6 Å². The zero-order chi connectivity index (χ0) is 17.2. The number of sulfone groups is 1. The minimum Gasteiger partial charge on any atom is -0.302 e. The van der Waals surface area contributed by atoms with Crippen molar-refractivity contribution in [3.63, 3.8) is 0 Å². The number of benzene rings is 1. The fourth-order valence-corrected chi connectivity index (χ4v) is 5.54. The van der Waals surface area contributed by atoms with Gasteiger partial charge in [0.05, 0.1) is 11.5 Å². The number of anilines is 1. The number of hydrogen-bond acceptors (Lipinski definition) is 5. The summed E-state index contributed by atoms with van der Waals surface area (Å²) in [5, 5.41) is 3.36. The van der Waals surface area contributed by atoms with E-state index in [9.17, 15) is 13.2 Å². The molecule has 1 aromatic carbocycles. The number of thiazole rings is 1. The highest BCUT2D eigenvalue weighted by molar-refractivity contribution is 7.91. The van der Waals surface area contributed by atoms with Gasteiger partial charge in [0.25, 0.3) is 0 Å². The first-order valence-electron chi connectivity index (χ1n) is 7.90. The number of amides is 1. The molecule has 0 spiro atoms. The predicted octanol–water partition coefficient (Wildman–Crippen LogP) is 2.81. The molecule has 1 aromatic heterocycles. The number of aromatic nitrogens is 1. The Morgan fingerprint density at radius 3 is 2.75 bits per heavy atom. The Morgan fingerprint density at radius 2 is 2.08 bits per heavy atom. The summed E-state index contributed by atoms with van der Waals surface area (Å²) in [7, 11) is -2.94. The number of carbonyl (C=O) groups excluding carboxylic acids is 1. The van der Waals surface area contributed by atoms with Crippen molar-refractivity contribution in [1.29, 1.82) is 0 Å². The maximum Gasteiger partial charge on any atom is 0.226 e. The van der Waals surface area contributed by atoms with Gasteiger partial charge in [-0.15, -0.1) is 11.3 Å². The first kappa shape index (κ1) is 17.1. The molecule has 3 rings (SSSR count). The lowest BCUT2D eigenvalue weighted by atomic mass is 10.1. The van der Waals surface area contributed by atoms with Crippen LogP contribution in [0.2, 0.25) is 0 Å². The van der Waals surface area contributed by atoms with Crippen LogP contribution in [0.25, 0.3) is 0 Å². The Balaban J connectivity index is 1.54. The van der Waals surface area contributed by atoms with Crippen LogP contribution in [0.3, 0.4) is 0 Å². The summed E-state index contributed by atoms with van der Waals surface area (Å²) in [6.45, 7) is 2.06. The fraction of sp³-hybridized carbons (Fsp3) is 0.412. The van der Waals surface area contributed by atoms with Gasteiger partial charge < -0.3 is 5.32 Å². The molecule has 1 amide bonds. The summed E-state index contributed by atoms with van der Waals surface area (Å²) in [5.74, 6) is 0.0928. The fourth-order valence-electron chi connectivity index (χ4n) is 2.82. The minimum atomic E-state index is -2.94. The molecule has 5 nitrogen and oxygen atoms in total. The largest absolute Gasteiger partial charge is 0.302 e. The van der Waals surface area contributed by atoms with Gasteiger partial charge in [-0.2, -0.15) is 0 Å². The van der Waals surface area contributed by atoms with Gasteiger partial charge in [-0.1, -0.05) is 29.8 Å². The van der Waals surface area contributed by atoms with Crippen LogP contribution in [-0.2, 0) is 21.1 Å². The molecule has 1 N–H and O–H groups in total. The first-order chi connectivity index (χ1) is 11.4. The van der Waals surface area contributed by atoms with Gasteiger partial charge in [-0.25, -0.2) is 13.4 Å². The van der Waals surface area contributed by atoms with Gasteiger partial charge in [0.15, 0.2) is 15.0 Å². The van der Waals surface area contributed by atoms with E-state index < -0.39 is 9.84 Å². The van der Waals surface area contributed by atoms with Crippen LogP contribution in [0.15, 0.2) is 30.5 Å². The number of nitrogens with one attached hydrogen (secondary N) is 1. The lowest BCUT2D eigenvalue weighted by Gasteiger charge is -2.06. The second-order valence-electron chi connectivity index (χ2n) is 6.32. The van der Waals surface area contributed by atoms with Crippen LogP contribution in [0.4, 0.5) is 5.13 Å². The van der Waals surface area contributed by atoms with Crippen molar-refractivity contribution in [2.45, 2.75) is 26.2 Å². The lowest BCUT2D eigenvalue weighted by molar-refractivity contribution is -0.116. The number of hydrogen-bond donors (Lipinski definition) is 1. The first-order valence-corrected chi connectivity index (χ1v) is 10.5. The molecule has 1 unspecified atom stereocenters. The Bertz CT molecular complexity index is 826. The molecule has 1 aliphatic heterocycles. The summed E-state index contributed by atoms with van der Waals surface area (Å²) in [4.78, 5) is 17.4. The highest BCUT2D eigenvalue weighted by atomic mass is 32.2. The third-order valence-electron chi connectivity index (χ3n) is 4.10. The number of aryl methyl sites for hydroxylation is 1. The van der Waals surface area contributed by atoms with Crippen molar-refractivity contribution in [3.05, 3.63) is 46.5 Å². The average molecular weight is 364 g/mol. The lowest BCUT2D eigenvalue weighted by Crippen LogP contribution is -2.17. The van der Waals surface area contributed by atoms with E-state index in [2.05, 4.69) is 41.5 Å². The average Bonchev–Trinajstić information content (AvgIpc) is 3.07. The van der Waals surface area contributed by atoms with Gasteiger partial charge >= 0.3 is 0 Å². The van der Waals surface area contributed by atoms with Crippen LogP contribution in [0.5, 0.6) is 0 Å². The molecule has 0 radical (unpaired) electrons. The highest BCUT2D eigenvalue weighted by Crippen LogP contribution is 2.24. The number of carbonyl (C=O) groups is 1. The van der Waals surface area contributed by atoms with Gasteiger partial charge in [0, 0.05) is 23.9 Å². The SMILES string of the molecule is Cc1ccc(Cc2cnc(NC(=O)CC3CCS(=O)(=O)C3)s2)cc1. The van der Waals surface area contributed by atoms with Gasteiger partial charge in [-0.05, 0) is 24.8 Å². The molecular formula is C17H20N2O3S2. The van der Waals surface area contributed by atoms with Crippen LogP contribution in [-0.4, -0.2) is 30.8 Å². The zero-order valence-electron chi connectivity index (χ0n) is 13.5. The van der Waals surface area contributed by atoms with E-state index in [0.717, 1.165) is 11.3 Å². The van der Waals surface area contributed by atoms with Crippen LogP contribution < -0.4 is 5.32 Å². The predicted molar refractivity (Wildman–Crippen MR) is 96.1 cm³/mol. The van der Waals surface area contributed by atoms with Gasteiger partial charge in [0.1, 0.15) is 0 Å². The standard InChI is InChI=1S/C17H20N2O3S2/c1-12-2-4-13(5-3-12)8-15-10-18-17(23-15)19-16(20)9-14-6-7-24(21,22)11-14/h2-5,10,14H,6-9,11H2,1H3,(H,18,19,20). The maximum atomic E-state index is 12.0. The zero-order valence-corrected chi connectivity index (χ0v) is 15.1. The van der Waals surface area contributed by atoms with E-state index in [-0.39, 0.29) is 29.8 Å². The van der Waals surface area contributed by atoms with Crippen molar-refractivity contribution in [1.82, 2.24) is 4.98 Å². The monoisotopic (exact) mass is 364 g/mol. The van der Waals surface area contributed by atoms with E-state index in [4.69, 9.17) is 0 Å². The Morgan fingerprint density at radius 1 is 1.33 bits per heavy atom. The van der Waals surface area contributed by atoms with E-state index >= 15 is 0 Å². The summed E-state index contributed by atoms with van der Waals surface area (Å²) in [6, 6.07) is 8.34. The van der Waals surface area contributed by atoms with Crippen LogP contribution in [0, 0.1) is 12.8 Å². The summed E-state index contributed by atoms with van der Waals surface area (Å²) >= 11 is 1.46. The van der Waals surface area contributed by atoms with E-state index in [1.54, 1.807) is 6.20 Å². The molecule has 7 heteroatoms. The number of rotatable bonds is 5. The highest BCUT2D eigenvalue weighted by Gasteiger charge is 2.29. The molecule has 0 aliphatic carbocycles. The second kappa shape index (κ2) is 7.03. The molecule has 24 heavy (non-hydrogen) atoms. The summed E-state index contributed by atoms with van der Waals surface area (Å²) in [6.07, 6.45) is 3.38. The topological polar surface area (TPSA) is 76.1 Å². The molecule has 0 bridgehead atoms. The normalized spacial score (nSPS) is 19.3. The van der Waals surface area contributed by atoms with Crippen molar-refractivity contribution in [2.24, 2.45) is 5.92 Å². The maximum absolute atomic E-state index is 12.0. The summed E-state index contributed by atoms with van der Waals surface area (Å²) < 4.78 is 22.9. The van der Waals surface area contributed by atoms with Crippen molar-refractivity contribution < 1.29 is 13.2 Å². The second-order valence-corrected chi connectivity index (χ2v) is 9.66. The van der Waals surface area contributed by atoms with Crippen LogP contribution >= 0.6 is 11.3 Å². The molecule has 1 saturated heterocycles. The van der Waals surface area contributed by atoms with Crippen LogP contribution in [0.1, 0.15) is 28.8 Å². The molecule has 1 atom stereocenters. The molecule has 2 aromatic rings. The van der Waals surface area contributed by atoms with Crippen molar-refractivity contribution in [2.75, 3.05) is 16.8 Å². The van der Waals surface area contributed by atoms with Crippen molar-refractivity contribution in [3.8, 4) is 0 Å². The molecular weight excluding hydrogens is 344 g/mol. The van der Waals surface area contributed by atoms with Crippen molar-refractivity contribution >= 4 is 32.2 Å². The Hall–Kier alpha value is -1.73. The molecule has 1 aliphatic rings. The smallest absolute Gasteiger partial charge is 0.226 e. The van der Waals surface area contributed by atoms with E-state index in [1.165, 1.54) is 22.5 Å². The molecule has 0 saturated carbocycles. The third kappa shape index (κ3) is 4.64.